The molecular formula is C13H18N2O4S. The van der Waals surface area contributed by atoms with E-state index < -0.39 is 9.84 Å². The van der Waals surface area contributed by atoms with Crippen LogP contribution in [0.4, 0.5) is 5.69 Å². The molecule has 1 heterocycles. The molecule has 0 aliphatic carbocycles. The highest BCUT2D eigenvalue weighted by Gasteiger charge is 2.25. The lowest BCUT2D eigenvalue weighted by molar-refractivity contribution is 0.0769. The van der Waals surface area contributed by atoms with Gasteiger partial charge in [0.05, 0.1) is 29.9 Å². The van der Waals surface area contributed by atoms with Crippen molar-refractivity contribution in [1.29, 1.82) is 0 Å². The van der Waals surface area contributed by atoms with Crippen LogP contribution in [0.1, 0.15) is 16.8 Å². The number of nitrogens with zero attached hydrogens (tertiary/aromatic N) is 1. The number of nitrogens with two attached hydrogens (primary N) is 1. The highest BCUT2D eigenvalue weighted by atomic mass is 32.2. The first kappa shape index (κ1) is 14.6. The van der Waals surface area contributed by atoms with Crippen molar-refractivity contribution < 1.29 is 17.9 Å². The van der Waals surface area contributed by atoms with Gasteiger partial charge in [-0.2, -0.15) is 0 Å². The number of nitrogen functional groups attached to an aromatic ring is 1. The first-order chi connectivity index (χ1) is 9.44. The van der Waals surface area contributed by atoms with E-state index in [4.69, 9.17) is 10.5 Å². The number of anilines is 1. The van der Waals surface area contributed by atoms with Gasteiger partial charge in [-0.15, -0.1) is 0 Å². The Kier molecular flexibility index (Phi) is 4.17. The van der Waals surface area contributed by atoms with Gasteiger partial charge < -0.3 is 15.4 Å². The van der Waals surface area contributed by atoms with Crippen molar-refractivity contribution in [2.45, 2.75) is 6.42 Å². The number of carbonyl (C=O) groups is 1. The quantitative estimate of drug-likeness (QED) is 0.805. The fourth-order valence-corrected chi connectivity index (χ4v) is 3.49. The third-order valence-corrected chi connectivity index (χ3v) is 5.07. The van der Waals surface area contributed by atoms with Crippen LogP contribution in [0.5, 0.6) is 5.75 Å². The molecule has 0 atom stereocenters. The summed E-state index contributed by atoms with van der Waals surface area (Å²) < 4.78 is 28.2. The molecule has 0 unspecified atom stereocenters. The fraction of sp³-hybridized carbons (Fsp3) is 0.462. The topological polar surface area (TPSA) is 89.7 Å². The van der Waals surface area contributed by atoms with Crippen molar-refractivity contribution >= 4 is 21.4 Å². The molecule has 1 fully saturated rings. The van der Waals surface area contributed by atoms with Gasteiger partial charge in [0, 0.05) is 13.1 Å². The first-order valence-corrected chi connectivity index (χ1v) is 8.19. The standard InChI is InChI=1S/C13H18N2O4S/c1-19-11-5-2-4-10(12(11)14)13(16)15-6-3-8-20(17,18)9-7-15/h2,4-5H,3,6-9,14H2,1H3. The van der Waals surface area contributed by atoms with E-state index in [2.05, 4.69) is 0 Å². The van der Waals surface area contributed by atoms with Crippen LogP contribution in [0.2, 0.25) is 0 Å². The molecule has 2 N–H and O–H groups in total. The van der Waals surface area contributed by atoms with E-state index in [1.807, 2.05) is 0 Å². The number of amides is 1. The van der Waals surface area contributed by atoms with E-state index in [1.54, 1.807) is 18.2 Å². The van der Waals surface area contributed by atoms with Crippen LogP contribution in [-0.2, 0) is 9.84 Å². The second kappa shape index (κ2) is 5.70. The summed E-state index contributed by atoms with van der Waals surface area (Å²) in [5.41, 5.74) is 6.54. The van der Waals surface area contributed by atoms with E-state index in [0.29, 0.717) is 24.3 Å². The molecule has 1 aliphatic rings. The van der Waals surface area contributed by atoms with Crippen LogP contribution in [-0.4, -0.2) is 50.9 Å². The molecule has 20 heavy (non-hydrogen) atoms. The second-order valence-electron chi connectivity index (χ2n) is 4.72. The van der Waals surface area contributed by atoms with Crippen molar-refractivity contribution in [3.8, 4) is 5.75 Å². The third-order valence-electron chi connectivity index (χ3n) is 3.36. The van der Waals surface area contributed by atoms with Crippen LogP contribution in [0.25, 0.3) is 0 Å². The molecule has 1 saturated heterocycles. The molecule has 0 saturated carbocycles. The number of hydrogen-bond acceptors (Lipinski definition) is 5. The Morgan fingerprint density at radius 3 is 2.75 bits per heavy atom. The molecule has 1 aliphatic heterocycles. The Hall–Kier alpha value is -1.76. The third kappa shape index (κ3) is 3.04. The number of rotatable bonds is 2. The summed E-state index contributed by atoms with van der Waals surface area (Å²) in [4.78, 5) is 14.0. The number of para-hydroxylation sites is 1. The number of hydrogen-bond donors (Lipinski definition) is 1. The Balaban J connectivity index is 2.23. The Labute approximate surface area is 118 Å². The molecule has 6 nitrogen and oxygen atoms in total. The van der Waals surface area contributed by atoms with Crippen molar-refractivity contribution in [2.75, 3.05) is 37.4 Å². The van der Waals surface area contributed by atoms with Gasteiger partial charge in [0.15, 0.2) is 9.84 Å². The van der Waals surface area contributed by atoms with E-state index >= 15 is 0 Å². The normalized spacial score (nSPS) is 18.4. The molecule has 110 valence electrons. The van der Waals surface area contributed by atoms with Gasteiger partial charge in [-0.3, -0.25) is 4.79 Å². The summed E-state index contributed by atoms with van der Waals surface area (Å²) in [6.45, 7) is 0.631. The van der Waals surface area contributed by atoms with Crippen LogP contribution >= 0.6 is 0 Å². The summed E-state index contributed by atoms with van der Waals surface area (Å²) in [6.07, 6.45) is 0.456. The van der Waals surface area contributed by atoms with E-state index in [-0.39, 0.29) is 29.6 Å². The SMILES string of the molecule is COc1cccc(C(=O)N2CCCS(=O)(=O)CC2)c1N. The second-order valence-corrected chi connectivity index (χ2v) is 7.02. The lowest BCUT2D eigenvalue weighted by Crippen LogP contribution is -2.34. The number of carbonyl (C=O) groups excluding carboxylic acids is 1. The minimum Gasteiger partial charge on any atom is -0.495 e. The zero-order valence-corrected chi connectivity index (χ0v) is 12.1. The maximum Gasteiger partial charge on any atom is 0.256 e. The first-order valence-electron chi connectivity index (χ1n) is 6.37. The molecule has 0 radical (unpaired) electrons. The maximum absolute atomic E-state index is 12.4. The largest absolute Gasteiger partial charge is 0.495 e. The highest BCUT2D eigenvalue weighted by Crippen LogP contribution is 2.26. The van der Waals surface area contributed by atoms with Crippen LogP contribution in [0.3, 0.4) is 0 Å². The predicted octanol–water partition coefficient (Wildman–Crippen LogP) is 0.538. The summed E-state index contributed by atoms with van der Waals surface area (Å²) in [5, 5.41) is 0. The van der Waals surface area contributed by atoms with Gasteiger partial charge in [0.1, 0.15) is 5.75 Å². The average molecular weight is 298 g/mol. The van der Waals surface area contributed by atoms with Gasteiger partial charge in [0.25, 0.3) is 5.91 Å². The van der Waals surface area contributed by atoms with Crippen LogP contribution < -0.4 is 10.5 Å². The summed E-state index contributed by atoms with van der Waals surface area (Å²) in [5.74, 6) is 0.323. The van der Waals surface area contributed by atoms with Crippen molar-refractivity contribution in [2.24, 2.45) is 0 Å². The molecule has 0 bridgehead atoms. The van der Waals surface area contributed by atoms with Crippen molar-refractivity contribution in [3.05, 3.63) is 23.8 Å². The van der Waals surface area contributed by atoms with Gasteiger partial charge in [-0.1, -0.05) is 6.07 Å². The molecule has 0 spiro atoms. The smallest absolute Gasteiger partial charge is 0.256 e. The highest BCUT2D eigenvalue weighted by molar-refractivity contribution is 7.91. The minimum absolute atomic E-state index is 0.00259. The van der Waals surface area contributed by atoms with E-state index in [9.17, 15) is 13.2 Å². The van der Waals surface area contributed by atoms with Gasteiger partial charge >= 0.3 is 0 Å². The average Bonchev–Trinajstić information content (AvgIpc) is 2.59. The molecule has 2 rings (SSSR count). The summed E-state index contributed by atoms with van der Waals surface area (Å²) >= 11 is 0. The fourth-order valence-electron chi connectivity index (χ4n) is 2.22. The summed E-state index contributed by atoms with van der Waals surface area (Å²) in [7, 11) is -1.56. The minimum atomic E-state index is -3.04. The molecule has 1 amide bonds. The zero-order chi connectivity index (χ0) is 14.8. The molecule has 0 aromatic heterocycles. The molecule has 1 aromatic rings. The predicted molar refractivity (Wildman–Crippen MR) is 76.6 cm³/mol. The van der Waals surface area contributed by atoms with Gasteiger partial charge in [-0.25, -0.2) is 8.42 Å². The number of benzene rings is 1. The van der Waals surface area contributed by atoms with Gasteiger partial charge in [0.2, 0.25) is 0 Å². The lowest BCUT2D eigenvalue weighted by Gasteiger charge is -2.21. The Morgan fingerprint density at radius 2 is 2.05 bits per heavy atom. The van der Waals surface area contributed by atoms with E-state index in [0.717, 1.165) is 0 Å². The Morgan fingerprint density at radius 1 is 1.30 bits per heavy atom. The van der Waals surface area contributed by atoms with Crippen molar-refractivity contribution in [3.63, 3.8) is 0 Å². The van der Waals surface area contributed by atoms with Crippen molar-refractivity contribution in [1.82, 2.24) is 4.90 Å². The number of methoxy groups -OCH3 is 1. The lowest BCUT2D eigenvalue weighted by atomic mass is 10.1. The maximum atomic E-state index is 12.4. The summed E-state index contributed by atoms with van der Waals surface area (Å²) in [6, 6.07) is 5.00. The number of sulfone groups is 1. The monoisotopic (exact) mass is 298 g/mol. The van der Waals surface area contributed by atoms with Gasteiger partial charge in [-0.05, 0) is 18.6 Å². The van der Waals surface area contributed by atoms with Crippen LogP contribution in [0, 0.1) is 0 Å². The molecule has 1 aromatic carbocycles. The van der Waals surface area contributed by atoms with Crippen LogP contribution in [0.15, 0.2) is 18.2 Å². The zero-order valence-electron chi connectivity index (χ0n) is 11.3. The molecular weight excluding hydrogens is 280 g/mol. The van der Waals surface area contributed by atoms with E-state index in [1.165, 1.54) is 12.0 Å². The molecule has 7 heteroatoms. The Bertz CT molecular complexity index is 613. The number of ether oxygens (including phenoxy) is 1.